The topological polar surface area (TPSA) is 41.5 Å². The van der Waals surface area contributed by atoms with Gasteiger partial charge >= 0.3 is 0 Å². The Morgan fingerprint density at radius 1 is 1.36 bits per heavy atom. The highest BCUT2D eigenvalue weighted by atomic mass is 19.1. The maximum atomic E-state index is 13.6. The van der Waals surface area contributed by atoms with Crippen LogP contribution in [0.4, 0.5) is 4.39 Å². The molecule has 0 aliphatic heterocycles. The van der Waals surface area contributed by atoms with Gasteiger partial charge in [-0.1, -0.05) is 26.8 Å². The fourth-order valence-electron chi connectivity index (χ4n) is 4.01. The minimum atomic E-state index is -0.367. The third-order valence-corrected chi connectivity index (χ3v) is 6.24. The van der Waals surface area contributed by atoms with Gasteiger partial charge < -0.3 is 0 Å². The normalized spacial score (nSPS) is 30.8. The third kappa shape index (κ3) is 2.08. The number of nitrogens with zero attached hydrogens (tertiary/aromatic N) is 1. The van der Waals surface area contributed by atoms with Crippen LogP contribution in [0.15, 0.2) is 23.3 Å². The molecular weight excluding hydrogens is 279 g/mol. The number of hydrazone groups is 1. The molecule has 22 heavy (non-hydrogen) atoms. The number of hydrogen-bond donors (Lipinski definition) is 1. The van der Waals surface area contributed by atoms with Crippen LogP contribution in [0.25, 0.3) is 0 Å². The van der Waals surface area contributed by atoms with Crippen molar-refractivity contribution in [3.63, 3.8) is 0 Å². The number of benzene rings is 1. The standard InChI is InChI=1S/C18H23FN2O/c1-11-5-6-12(9-14(11)19)16(22)21-20-15-10-13-7-8-18(15,4)17(13,2)3/h5-6,9,13H,7-8,10H2,1-4H3,(H,21,22)/b20-15-/t13-,18-/m1/s1. The van der Waals surface area contributed by atoms with E-state index in [9.17, 15) is 9.18 Å². The molecule has 0 aromatic heterocycles. The lowest BCUT2D eigenvalue weighted by atomic mass is 9.70. The monoisotopic (exact) mass is 302 g/mol. The molecule has 1 aromatic rings. The highest BCUT2D eigenvalue weighted by Gasteiger charge is 2.59. The van der Waals surface area contributed by atoms with Crippen molar-refractivity contribution in [1.82, 2.24) is 5.43 Å². The third-order valence-electron chi connectivity index (χ3n) is 6.24. The molecule has 0 saturated heterocycles. The minimum absolute atomic E-state index is 0.0590. The Labute approximate surface area is 131 Å². The van der Waals surface area contributed by atoms with Crippen LogP contribution >= 0.6 is 0 Å². The Kier molecular flexibility index (Phi) is 3.38. The van der Waals surface area contributed by atoms with Crippen LogP contribution in [0.5, 0.6) is 0 Å². The molecule has 0 radical (unpaired) electrons. The summed E-state index contributed by atoms with van der Waals surface area (Å²) in [5, 5.41) is 4.40. The van der Waals surface area contributed by atoms with E-state index in [1.165, 1.54) is 12.5 Å². The van der Waals surface area contributed by atoms with Gasteiger partial charge in [-0.15, -0.1) is 0 Å². The summed E-state index contributed by atoms with van der Waals surface area (Å²) >= 11 is 0. The second-order valence-electron chi connectivity index (χ2n) is 7.46. The number of nitrogens with one attached hydrogen (secondary N) is 1. The molecule has 2 aliphatic carbocycles. The molecule has 3 nitrogen and oxygen atoms in total. The van der Waals surface area contributed by atoms with Crippen molar-refractivity contribution < 1.29 is 9.18 Å². The van der Waals surface area contributed by atoms with Gasteiger partial charge in [0.1, 0.15) is 5.82 Å². The van der Waals surface area contributed by atoms with Crippen molar-refractivity contribution in [2.45, 2.75) is 47.0 Å². The molecule has 2 aliphatic rings. The predicted molar refractivity (Wildman–Crippen MR) is 85.3 cm³/mol. The molecule has 1 N–H and O–H groups in total. The number of fused-ring (bicyclic) bond motifs is 2. The van der Waals surface area contributed by atoms with E-state index in [-0.39, 0.29) is 22.6 Å². The van der Waals surface area contributed by atoms with E-state index in [0.29, 0.717) is 17.0 Å². The lowest BCUT2D eigenvalue weighted by Gasteiger charge is -2.34. The predicted octanol–water partition coefficient (Wildman–Crippen LogP) is 4.07. The van der Waals surface area contributed by atoms with E-state index in [1.54, 1.807) is 19.1 Å². The SMILES string of the molecule is Cc1ccc(C(=O)N/N=C2/C[C@H]3CC[C@@]2(C)C3(C)C)cc1F. The molecule has 2 fully saturated rings. The van der Waals surface area contributed by atoms with Crippen molar-refractivity contribution in [3.8, 4) is 0 Å². The number of aryl methyl sites for hydroxylation is 1. The van der Waals surface area contributed by atoms with Crippen molar-refractivity contribution in [2.75, 3.05) is 0 Å². The number of carbonyl (C=O) groups is 1. The van der Waals surface area contributed by atoms with Gasteiger partial charge in [0.15, 0.2) is 0 Å². The fraction of sp³-hybridized carbons (Fsp3) is 0.556. The van der Waals surface area contributed by atoms with Crippen LogP contribution in [-0.4, -0.2) is 11.6 Å². The number of halogens is 1. The summed E-state index contributed by atoms with van der Waals surface area (Å²) in [4.78, 5) is 12.2. The lowest BCUT2D eigenvalue weighted by molar-refractivity contribution is 0.0953. The second kappa shape index (κ2) is 4.90. The Bertz CT molecular complexity index is 665. The van der Waals surface area contributed by atoms with Crippen LogP contribution in [0.1, 0.15) is 56.0 Å². The van der Waals surface area contributed by atoms with Gasteiger partial charge in [0.2, 0.25) is 0 Å². The quantitative estimate of drug-likeness (QED) is 0.822. The molecule has 1 aromatic carbocycles. The van der Waals surface area contributed by atoms with Crippen LogP contribution in [0.2, 0.25) is 0 Å². The van der Waals surface area contributed by atoms with Crippen LogP contribution < -0.4 is 5.43 Å². The maximum Gasteiger partial charge on any atom is 0.271 e. The average Bonchev–Trinajstić information content (AvgIpc) is 2.80. The van der Waals surface area contributed by atoms with E-state index >= 15 is 0 Å². The van der Waals surface area contributed by atoms with Crippen LogP contribution in [0.3, 0.4) is 0 Å². The van der Waals surface area contributed by atoms with Gasteiger partial charge in [-0.05, 0) is 55.2 Å². The van der Waals surface area contributed by atoms with Crippen molar-refractivity contribution in [2.24, 2.45) is 21.8 Å². The van der Waals surface area contributed by atoms with E-state index in [0.717, 1.165) is 18.6 Å². The zero-order valence-electron chi connectivity index (χ0n) is 13.7. The van der Waals surface area contributed by atoms with Crippen molar-refractivity contribution >= 4 is 11.6 Å². The molecule has 0 heterocycles. The van der Waals surface area contributed by atoms with Crippen LogP contribution in [-0.2, 0) is 0 Å². The van der Waals surface area contributed by atoms with Gasteiger partial charge in [0, 0.05) is 16.7 Å². The Morgan fingerprint density at radius 3 is 2.64 bits per heavy atom. The first-order valence-electron chi connectivity index (χ1n) is 7.89. The Hall–Kier alpha value is -1.71. The molecule has 0 spiro atoms. The Balaban J connectivity index is 1.78. The summed E-state index contributed by atoms with van der Waals surface area (Å²) in [5.41, 5.74) is 4.82. The summed E-state index contributed by atoms with van der Waals surface area (Å²) in [6.45, 7) is 8.51. The second-order valence-corrected chi connectivity index (χ2v) is 7.46. The van der Waals surface area contributed by atoms with E-state index in [4.69, 9.17) is 0 Å². The molecule has 2 atom stereocenters. The minimum Gasteiger partial charge on any atom is -0.267 e. The summed E-state index contributed by atoms with van der Waals surface area (Å²) in [6, 6.07) is 4.50. The number of amides is 1. The number of rotatable bonds is 2. The summed E-state index contributed by atoms with van der Waals surface area (Å²) < 4.78 is 13.6. The lowest BCUT2D eigenvalue weighted by Crippen LogP contribution is -2.34. The van der Waals surface area contributed by atoms with Gasteiger partial charge in [0.25, 0.3) is 5.91 Å². The highest BCUT2D eigenvalue weighted by Crippen LogP contribution is 2.63. The van der Waals surface area contributed by atoms with Gasteiger partial charge in [0.05, 0.1) is 0 Å². The zero-order chi connectivity index (χ0) is 16.1. The van der Waals surface area contributed by atoms with Gasteiger partial charge in [-0.2, -0.15) is 5.10 Å². The van der Waals surface area contributed by atoms with E-state index < -0.39 is 0 Å². The highest BCUT2D eigenvalue weighted by molar-refractivity contribution is 5.98. The molecule has 1 amide bonds. The summed E-state index contributed by atoms with van der Waals surface area (Å²) in [7, 11) is 0. The zero-order valence-corrected chi connectivity index (χ0v) is 13.7. The first-order chi connectivity index (χ1) is 10.3. The van der Waals surface area contributed by atoms with Gasteiger partial charge in [-0.3, -0.25) is 4.79 Å². The molecule has 118 valence electrons. The molecule has 2 bridgehead atoms. The summed E-state index contributed by atoms with van der Waals surface area (Å²) in [5.74, 6) is -0.0751. The molecule has 4 heteroatoms. The summed E-state index contributed by atoms with van der Waals surface area (Å²) in [6.07, 6.45) is 3.31. The average molecular weight is 302 g/mol. The first kappa shape index (κ1) is 15.2. The van der Waals surface area contributed by atoms with E-state index in [1.807, 2.05) is 0 Å². The number of carbonyl (C=O) groups excluding carboxylic acids is 1. The molecule has 3 rings (SSSR count). The van der Waals surface area contributed by atoms with Crippen molar-refractivity contribution in [1.29, 1.82) is 0 Å². The fourth-order valence-corrected chi connectivity index (χ4v) is 4.01. The largest absolute Gasteiger partial charge is 0.271 e. The van der Waals surface area contributed by atoms with E-state index in [2.05, 4.69) is 31.3 Å². The first-order valence-corrected chi connectivity index (χ1v) is 7.89. The Morgan fingerprint density at radius 2 is 2.09 bits per heavy atom. The number of hydrogen-bond acceptors (Lipinski definition) is 2. The molecule has 0 unspecified atom stereocenters. The van der Waals surface area contributed by atoms with Crippen molar-refractivity contribution in [3.05, 3.63) is 35.1 Å². The molecular formula is C18H23FN2O. The molecule has 2 saturated carbocycles. The van der Waals surface area contributed by atoms with Crippen LogP contribution in [0, 0.1) is 29.5 Å². The van der Waals surface area contributed by atoms with Gasteiger partial charge in [-0.25, -0.2) is 9.82 Å². The maximum absolute atomic E-state index is 13.6. The smallest absolute Gasteiger partial charge is 0.267 e.